The van der Waals surface area contributed by atoms with E-state index in [4.69, 9.17) is 11.5 Å². The Hall–Kier alpha value is -3.83. The standard InChI is InChI=1S/C20H21F3N6O3/c1-28-18(31)12-3-2-8-29(17(12)19(28)32)10-16(30)27-15(25)7-5-13(24)11-4-6-14(26-9-11)20(21,22)23/h4-7,9H,2-3,8,10,24-25H2,1H3,(H,27,30)/b13-5-,15-7+. The topological polar surface area (TPSA) is 135 Å². The lowest BCUT2D eigenvalue weighted by atomic mass is 10.0. The molecule has 12 heteroatoms. The second-order valence-electron chi connectivity index (χ2n) is 7.24. The maximum Gasteiger partial charge on any atom is 0.433 e. The Morgan fingerprint density at radius 1 is 1.22 bits per heavy atom. The summed E-state index contributed by atoms with van der Waals surface area (Å²) in [7, 11) is 1.39. The van der Waals surface area contributed by atoms with Gasteiger partial charge in [-0.05, 0) is 37.1 Å². The van der Waals surface area contributed by atoms with Crippen LogP contribution < -0.4 is 16.8 Å². The maximum absolute atomic E-state index is 12.6. The third kappa shape index (κ3) is 4.74. The first-order chi connectivity index (χ1) is 15.0. The Morgan fingerprint density at radius 3 is 2.56 bits per heavy atom. The van der Waals surface area contributed by atoms with Crippen molar-refractivity contribution < 1.29 is 27.6 Å². The molecule has 0 aromatic carbocycles. The highest BCUT2D eigenvalue weighted by Gasteiger charge is 2.40. The van der Waals surface area contributed by atoms with Crippen molar-refractivity contribution in [2.45, 2.75) is 19.0 Å². The van der Waals surface area contributed by atoms with E-state index >= 15 is 0 Å². The third-order valence-corrected chi connectivity index (χ3v) is 4.97. The molecule has 2 aliphatic heterocycles. The molecule has 0 unspecified atom stereocenters. The number of nitrogens with two attached hydrogens (primary N) is 2. The molecule has 3 rings (SSSR count). The van der Waals surface area contributed by atoms with Crippen molar-refractivity contribution in [1.29, 1.82) is 0 Å². The smallest absolute Gasteiger partial charge is 0.398 e. The van der Waals surface area contributed by atoms with E-state index in [1.807, 2.05) is 0 Å². The molecular weight excluding hydrogens is 429 g/mol. The minimum atomic E-state index is -4.55. The van der Waals surface area contributed by atoms with Gasteiger partial charge in [-0.15, -0.1) is 0 Å². The van der Waals surface area contributed by atoms with Crippen LogP contribution in [0, 0.1) is 0 Å². The van der Waals surface area contributed by atoms with Crippen LogP contribution in [0.15, 0.2) is 47.6 Å². The minimum Gasteiger partial charge on any atom is -0.398 e. The number of likely N-dealkylation sites (N-methyl/N-ethyl adjacent to an activating group) is 1. The highest BCUT2D eigenvalue weighted by Crippen LogP contribution is 2.30. The SMILES string of the molecule is CN1C(=O)C2=C(C1=O)N(CC(=O)N/C(N)=C/C=C(\N)c1ccc(C(F)(F)F)nc1)CCC2. The van der Waals surface area contributed by atoms with E-state index < -0.39 is 23.7 Å². The summed E-state index contributed by atoms with van der Waals surface area (Å²) in [6.07, 6.45) is 0.135. The molecule has 0 radical (unpaired) electrons. The number of pyridine rings is 1. The van der Waals surface area contributed by atoms with Gasteiger partial charge >= 0.3 is 6.18 Å². The van der Waals surface area contributed by atoms with E-state index in [9.17, 15) is 27.6 Å². The molecule has 3 amide bonds. The molecule has 5 N–H and O–H groups in total. The first-order valence-corrected chi connectivity index (χ1v) is 9.56. The summed E-state index contributed by atoms with van der Waals surface area (Å²) in [5.74, 6) is -1.37. The monoisotopic (exact) mass is 450 g/mol. The highest BCUT2D eigenvalue weighted by molar-refractivity contribution is 6.19. The van der Waals surface area contributed by atoms with Crippen LogP contribution in [0.25, 0.3) is 5.70 Å². The second-order valence-corrected chi connectivity index (χ2v) is 7.24. The molecular formula is C20H21F3N6O3. The van der Waals surface area contributed by atoms with Crippen LogP contribution in [0.3, 0.4) is 0 Å². The van der Waals surface area contributed by atoms with E-state index in [-0.39, 0.29) is 35.2 Å². The van der Waals surface area contributed by atoms with Gasteiger partial charge in [0.05, 0.1) is 6.54 Å². The Morgan fingerprint density at radius 2 is 1.94 bits per heavy atom. The van der Waals surface area contributed by atoms with Crippen LogP contribution in [0.2, 0.25) is 0 Å². The van der Waals surface area contributed by atoms with Gasteiger partial charge in [-0.2, -0.15) is 13.2 Å². The molecule has 0 aliphatic carbocycles. The van der Waals surface area contributed by atoms with Gasteiger partial charge in [-0.1, -0.05) is 0 Å². The number of alkyl halides is 3. The normalized spacial score (nSPS) is 17.8. The summed E-state index contributed by atoms with van der Waals surface area (Å²) in [6, 6.07) is 1.97. The van der Waals surface area contributed by atoms with Crippen molar-refractivity contribution in [3.05, 3.63) is 58.8 Å². The largest absolute Gasteiger partial charge is 0.433 e. The van der Waals surface area contributed by atoms with Crippen LogP contribution in [0.1, 0.15) is 24.1 Å². The number of imide groups is 1. The summed E-state index contributed by atoms with van der Waals surface area (Å²) < 4.78 is 37.7. The number of nitrogens with zero attached hydrogens (tertiary/aromatic N) is 3. The maximum atomic E-state index is 12.6. The average Bonchev–Trinajstić information content (AvgIpc) is 2.96. The van der Waals surface area contributed by atoms with Gasteiger partial charge in [-0.3, -0.25) is 24.3 Å². The molecule has 0 saturated carbocycles. The Kier molecular flexibility index (Phi) is 6.23. The molecule has 0 fully saturated rings. The quantitative estimate of drug-likeness (QED) is 0.443. The summed E-state index contributed by atoms with van der Waals surface area (Å²) in [6.45, 7) is 0.263. The number of carbonyl (C=O) groups excluding carboxylic acids is 3. The summed E-state index contributed by atoms with van der Waals surface area (Å²) in [5.41, 5.74) is 11.5. The first-order valence-electron chi connectivity index (χ1n) is 9.56. The molecule has 170 valence electrons. The van der Waals surface area contributed by atoms with Gasteiger partial charge in [0.2, 0.25) is 5.91 Å². The van der Waals surface area contributed by atoms with Crippen molar-refractivity contribution in [1.82, 2.24) is 20.1 Å². The van der Waals surface area contributed by atoms with Crippen LogP contribution in [0.4, 0.5) is 13.2 Å². The summed E-state index contributed by atoms with van der Waals surface area (Å²) in [4.78, 5) is 42.7. The van der Waals surface area contributed by atoms with Crippen LogP contribution in [-0.2, 0) is 20.6 Å². The van der Waals surface area contributed by atoms with E-state index in [0.29, 0.717) is 25.0 Å². The predicted molar refractivity (Wildman–Crippen MR) is 107 cm³/mol. The molecule has 0 atom stereocenters. The number of hydrogen-bond donors (Lipinski definition) is 3. The molecule has 32 heavy (non-hydrogen) atoms. The lowest BCUT2D eigenvalue weighted by Gasteiger charge is -2.28. The fourth-order valence-corrected chi connectivity index (χ4v) is 3.38. The van der Waals surface area contributed by atoms with Crippen LogP contribution in [0.5, 0.6) is 0 Å². The van der Waals surface area contributed by atoms with Gasteiger partial charge in [0, 0.05) is 36.6 Å². The van der Waals surface area contributed by atoms with E-state index in [1.165, 1.54) is 25.3 Å². The molecule has 2 aliphatic rings. The number of carbonyl (C=O) groups is 3. The number of rotatable bonds is 5. The number of hydrogen-bond acceptors (Lipinski definition) is 7. The molecule has 1 aromatic rings. The van der Waals surface area contributed by atoms with Gasteiger partial charge in [0.15, 0.2) is 0 Å². The number of halogens is 3. The predicted octanol–water partition coefficient (Wildman–Crippen LogP) is 0.665. The molecule has 0 saturated heterocycles. The molecule has 0 spiro atoms. The zero-order chi connectivity index (χ0) is 23.6. The van der Waals surface area contributed by atoms with Crippen molar-refractivity contribution in [3.8, 4) is 0 Å². The van der Waals surface area contributed by atoms with Crippen molar-refractivity contribution >= 4 is 23.4 Å². The number of amides is 3. The van der Waals surface area contributed by atoms with E-state index in [0.717, 1.165) is 17.2 Å². The van der Waals surface area contributed by atoms with E-state index in [1.54, 1.807) is 4.90 Å². The molecule has 9 nitrogen and oxygen atoms in total. The van der Waals surface area contributed by atoms with Crippen molar-refractivity contribution in [3.63, 3.8) is 0 Å². The zero-order valence-electron chi connectivity index (χ0n) is 17.1. The van der Waals surface area contributed by atoms with Crippen LogP contribution in [-0.4, -0.2) is 52.6 Å². The lowest BCUT2D eigenvalue weighted by molar-refractivity contribution is -0.141. The number of nitrogens with one attached hydrogen (secondary N) is 1. The Labute approximate surface area is 181 Å². The summed E-state index contributed by atoms with van der Waals surface area (Å²) in [5, 5.41) is 2.44. The van der Waals surface area contributed by atoms with Crippen molar-refractivity contribution in [2.75, 3.05) is 20.1 Å². The highest BCUT2D eigenvalue weighted by atomic mass is 19.4. The Balaban J connectivity index is 1.63. The van der Waals surface area contributed by atoms with Crippen LogP contribution >= 0.6 is 0 Å². The van der Waals surface area contributed by atoms with E-state index in [2.05, 4.69) is 10.3 Å². The molecule has 1 aromatic heterocycles. The summed E-state index contributed by atoms with van der Waals surface area (Å²) >= 11 is 0. The van der Waals surface area contributed by atoms with Gasteiger partial charge in [-0.25, -0.2) is 0 Å². The first kappa shape index (κ1) is 22.8. The third-order valence-electron chi connectivity index (χ3n) is 4.97. The van der Waals surface area contributed by atoms with Gasteiger partial charge in [0.1, 0.15) is 17.2 Å². The second kappa shape index (κ2) is 8.73. The number of allylic oxidation sites excluding steroid dienone is 2. The molecule has 3 heterocycles. The lowest BCUT2D eigenvalue weighted by Crippen LogP contribution is -2.41. The minimum absolute atomic E-state index is 0.0602. The fraction of sp³-hybridized carbons (Fsp3) is 0.300. The fourth-order valence-electron chi connectivity index (χ4n) is 3.38. The van der Waals surface area contributed by atoms with Crippen molar-refractivity contribution in [2.24, 2.45) is 11.5 Å². The zero-order valence-corrected chi connectivity index (χ0v) is 17.1. The molecule has 0 bridgehead atoms. The average molecular weight is 450 g/mol. The van der Waals surface area contributed by atoms with Gasteiger partial charge < -0.3 is 21.7 Å². The Bertz CT molecular complexity index is 1040. The van der Waals surface area contributed by atoms with Gasteiger partial charge in [0.25, 0.3) is 11.8 Å². The number of aromatic nitrogens is 1.